The predicted octanol–water partition coefficient (Wildman–Crippen LogP) is 12.0. The molecule has 0 aliphatic heterocycles. The van der Waals surface area contributed by atoms with E-state index < -0.39 is 11.2 Å². The minimum atomic E-state index is -0.638. The van der Waals surface area contributed by atoms with Crippen molar-refractivity contribution in [3.05, 3.63) is 119 Å². The molecule has 0 spiro atoms. The molecular formula is C56H70F2O10. The van der Waals surface area contributed by atoms with Gasteiger partial charge in [0.25, 0.3) is 0 Å². The average molecular weight is 941 g/mol. The maximum atomic E-state index is 14.7. The van der Waals surface area contributed by atoms with Crippen LogP contribution in [0.3, 0.4) is 0 Å². The van der Waals surface area contributed by atoms with Crippen LogP contribution < -0.4 is 18.9 Å². The normalized spacial score (nSPS) is 23.2. The second-order valence-electron chi connectivity index (χ2n) is 19.2. The van der Waals surface area contributed by atoms with Gasteiger partial charge in [-0.1, -0.05) is 24.3 Å². The fraction of sp³-hybridized carbons (Fsp3) is 0.536. The van der Waals surface area contributed by atoms with Crippen molar-refractivity contribution < 1.29 is 56.3 Å². The van der Waals surface area contributed by atoms with Crippen molar-refractivity contribution in [2.24, 2.45) is 23.7 Å². The van der Waals surface area contributed by atoms with Crippen LogP contribution in [-0.4, -0.2) is 67.8 Å². The molecule has 8 rings (SSSR count). The van der Waals surface area contributed by atoms with Gasteiger partial charge in [0.15, 0.2) is 0 Å². The molecule has 4 aliphatic carbocycles. The first-order valence-corrected chi connectivity index (χ1v) is 24.3. The minimum Gasteiger partial charge on any atom is -0.497 e. The molecule has 4 aliphatic rings. The lowest BCUT2D eigenvalue weighted by atomic mass is 9.75. The third kappa shape index (κ3) is 12.7. The third-order valence-corrected chi connectivity index (χ3v) is 15.1. The standard InChI is InChI=1S/2C28H35FO5/c2*1-31-22-9-10-26(29)25(16-22)28(33-3)13-11-19(12-14-28)18-34-23-6-4-5-21(15-23)24(20-7-8-20)17-27(30)32-2/h2*4-6,9-10,15-16,19-20,24H,7-8,11-14,17-18H2,1-3H3/t2*19?,24-,28?/m00/s1. The Labute approximate surface area is 401 Å². The highest BCUT2D eigenvalue weighted by Gasteiger charge is 2.41. The van der Waals surface area contributed by atoms with Gasteiger partial charge in [-0.05, 0) is 184 Å². The molecule has 0 bridgehead atoms. The Kier molecular flexibility index (Phi) is 17.4. The van der Waals surface area contributed by atoms with E-state index in [0.717, 1.165) is 99.7 Å². The molecule has 4 saturated carbocycles. The first-order valence-electron chi connectivity index (χ1n) is 24.3. The largest absolute Gasteiger partial charge is 0.497 e. The molecule has 10 nitrogen and oxygen atoms in total. The van der Waals surface area contributed by atoms with Crippen molar-refractivity contribution in [3.8, 4) is 23.0 Å². The van der Waals surface area contributed by atoms with Gasteiger partial charge in [0.05, 0.1) is 65.7 Å². The Hall–Kier alpha value is -5.20. The molecule has 0 radical (unpaired) electrons. The summed E-state index contributed by atoms with van der Waals surface area (Å²) in [7, 11) is 9.37. The number of methoxy groups -OCH3 is 6. The van der Waals surface area contributed by atoms with Crippen LogP contribution in [0.15, 0.2) is 84.9 Å². The molecule has 0 amide bonds. The van der Waals surface area contributed by atoms with Gasteiger partial charge in [0.1, 0.15) is 34.6 Å². The lowest BCUT2D eigenvalue weighted by Gasteiger charge is -2.39. The Morgan fingerprint density at radius 1 is 0.515 bits per heavy atom. The topological polar surface area (TPSA) is 108 Å². The molecule has 2 atom stereocenters. The smallest absolute Gasteiger partial charge is 0.306 e. The highest BCUT2D eigenvalue weighted by Crippen LogP contribution is 2.48. The summed E-state index contributed by atoms with van der Waals surface area (Å²) in [5.41, 5.74) is 2.14. The highest BCUT2D eigenvalue weighted by atomic mass is 19.1. The van der Waals surface area contributed by atoms with Crippen LogP contribution in [0.4, 0.5) is 8.78 Å². The summed E-state index contributed by atoms with van der Waals surface area (Å²) >= 11 is 0. The monoisotopic (exact) mass is 940 g/mol. The number of esters is 2. The van der Waals surface area contributed by atoms with Gasteiger partial charge in [-0.2, -0.15) is 0 Å². The molecule has 4 fully saturated rings. The summed E-state index contributed by atoms with van der Waals surface area (Å²) in [6.45, 7) is 1.21. The third-order valence-electron chi connectivity index (χ3n) is 15.1. The molecule has 0 unspecified atom stereocenters. The number of hydrogen-bond acceptors (Lipinski definition) is 10. The number of carbonyl (C=O) groups is 2. The van der Waals surface area contributed by atoms with E-state index in [4.69, 9.17) is 37.9 Å². The van der Waals surface area contributed by atoms with Gasteiger partial charge in [-0.3, -0.25) is 9.59 Å². The summed E-state index contributed by atoms with van der Waals surface area (Å²) < 4.78 is 73.9. The Morgan fingerprint density at radius 2 is 0.897 bits per heavy atom. The quantitative estimate of drug-likeness (QED) is 0.0795. The molecule has 4 aromatic rings. The zero-order valence-electron chi connectivity index (χ0n) is 40.7. The zero-order valence-corrected chi connectivity index (χ0v) is 40.7. The van der Waals surface area contributed by atoms with Crippen LogP contribution in [0.2, 0.25) is 0 Å². The Balaban J connectivity index is 0.000000201. The van der Waals surface area contributed by atoms with Crippen molar-refractivity contribution >= 4 is 11.9 Å². The van der Waals surface area contributed by atoms with Crippen LogP contribution in [0.25, 0.3) is 0 Å². The van der Waals surface area contributed by atoms with Gasteiger partial charge < -0.3 is 37.9 Å². The van der Waals surface area contributed by atoms with Crippen molar-refractivity contribution in [2.75, 3.05) is 55.9 Å². The number of hydrogen-bond donors (Lipinski definition) is 0. The molecule has 368 valence electrons. The molecular weight excluding hydrogens is 871 g/mol. The van der Waals surface area contributed by atoms with Crippen LogP contribution in [0.5, 0.6) is 23.0 Å². The van der Waals surface area contributed by atoms with Crippen LogP contribution in [-0.2, 0) is 39.7 Å². The van der Waals surface area contributed by atoms with E-state index in [1.54, 1.807) is 52.7 Å². The van der Waals surface area contributed by atoms with E-state index in [1.807, 2.05) is 24.3 Å². The number of rotatable bonds is 20. The number of halogens is 2. The van der Waals surface area contributed by atoms with Crippen molar-refractivity contribution in [1.82, 2.24) is 0 Å². The van der Waals surface area contributed by atoms with Gasteiger partial charge in [-0.25, -0.2) is 8.78 Å². The zero-order chi connectivity index (χ0) is 48.3. The van der Waals surface area contributed by atoms with Crippen molar-refractivity contribution in [3.63, 3.8) is 0 Å². The van der Waals surface area contributed by atoms with Gasteiger partial charge in [-0.15, -0.1) is 0 Å². The van der Waals surface area contributed by atoms with E-state index in [1.165, 1.54) is 26.4 Å². The number of carbonyl (C=O) groups excluding carboxylic acids is 2. The second kappa shape index (κ2) is 23.4. The van der Waals surface area contributed by atoms with E-state index >= 15 is 0 Å². The fourth-order valence-corrected chi connectivity index (χ4v) is 10.5. The lowest BCUT2D eigenvalue weighted by molar-refractivity contribution is -0.142. The molecule has 0 saturated heterocycles. The molecule has 0 N–H and O–H groups in total. The van der Waals surface area contributed by atoms with Crippen LogP contribution in [0, 0.1) is 35.3 Å². The molecule has 0 aromatic heterocycles. The summed E-state index contributed by atoms with van der Waals surface area (Å²) in [6, 6.07) is 25.9. The molecule has 4 aromatic carbocycles. The van der Waals surface area contributed by atoms with E-state index in [9.17, 15) is 18.4 Å². The minimum absolute atomic E-state index is 0.167. The predicted molar refractivity (Wildman–Crippen MR) is 255 cm³/mol. The average Bonchev–Trinajstić information content (AvgIpc) is 4.33. The van der Waals surface area contributed by atoms with Gasteiger partial charge in [0.2, 0.25) is 0 Å². The Morgan fingerprint density at radius 3 is 1.22 bits per heavy atom. The first-order chi connectivity index (χ1) is 32.9. The van der Waals surface area contributed by atoms with Crippen LogP contribution >= 0.6 is 0 Å². The molecule has 68 heavy (non-hydrogen) atoms. The van der Waals surface area contributed by atoms with Crippen molar-refractivity contribution in [1.29, 1.82) is 0 Å². The second-order valence-corrected chi connectivity index (χ2v) is 19.2. The maximum Gasteiger partial charge on any atom is 0.306 e. The van der Waals surface area contributed by atoms with E-state index in [2.05, 4.69) is 24.3 Å². The van der Waals surface area contributed by atoms with Crippen molar-refractivity contribution in [2.45, 2.75) is 113 Å². The van der Waals surface area contributed by atoms with Crippen LogP contribution in [0.1, 0.15) is 124 Å². The van der Waals surface area contributed by atoms with Gasteiger partial charge >= 0.3 is 11.9 Å². The summed E-state index contributed by atoms with van der Waals surface area (Å²) in [5, 5.41) is 0. The number of benzene rings is 4. The van der Waals surface area contributed by atoms with E-state index in [-0.39, 0.29) is 35.4 Å². The summed E-state index contributed by atoms with van der Waals surface area (Å²) in [5.74, 6) is 4.28. The first kappa shape index (κ1) is 50.7. The molecule has 0 heterocycles. The summed E-state index contributed by atoms with van der Waals surface area (Å²) in [6.07, 6.45) is 11.9. The number of ether oxygens (including phenoxy) is 8. The van der Waals surface area contributed by atoms with Gasteiger partial charge in [0, 0.05) is 25.3 Å². The SMILES string of the molecule is COC(=O)C[C@H](c1cccc(OCC2CCC(OC)(c3cc(OC)ccc3F)CC2)c1)C1CC1.COC(=O)C[C@H](c1cccc(OCC2CCC(OC)(c3cc(OC)ccc3F)CC2)c1)C1CC1. The van der Waals surface area contributed by atoms with E-state index in [0.29, 0.717) is 72.4 Å². The highest BCUT2D eigenvalue weighted by molar-refractivity contribution is 5.71. The maximum absolute atomic E-state index is 14.7. The Bertz CT molecular complexity index is 2120. The summed E-state index contributed by atoms with van der Waals surface area (Å²) in [4.78, 5) is 23.8. The molecule has 12 heteroatoms. The lowest BCUT2D eigenvalue weighted by Crippen LogP contribution is -2.36. The fourth-order valence-electron chi connectivity index (χ4n) is 10.5.